The lowest BCUT2D eigenvalue weighted by atomic mass is 9.93. The minimum absolute atomic E-state index is 0.588. The highest BCUT2D eigenvalue weighted by Gasteiger charge is 2.27. The first-order valence-electron chi connectivity index (χ1n) is 6.10. The van der Waals surface area contributed by atoms with Gasteiger partial charge < -0.3 is 10.2 Å². The highest BCUT2D eigenvalue weighted by molar-refractivity contribution is 5.60. The zero-order chi connectivity index (χ0) is 11.7. The number of nitrogens with zero attached hydrogens (tertiary/aromatic N) is 1. The van der Waals surface area contributed by atoms with E-state index in [4.69, 9.17) is 0 Å². The molecule has 0 aromatic heterocycles. The van der Waals surface area contributed by atoms with Gasteiger partial charge in [0, 0.05) is 31.2 Å². The number of benzene rings is 1. The molecule has 0 fully saturated rings. The highest BCUT2D eigenvalue weighted by Crippen LogP contribution is 2.38. The van der Waals surface area contributed by atoms with Crippen LogP contribution in [0.5, 0.6) is 0 Å². The van der Waals surface area contributed by atoms with Gasteiger partial charge in [-0.3, -0.25) is 0 Å². The molecule has 1 N–H and O–H groups in total. The number of anilines is 1. The molecule has 1 aromatic carbocycles. The van der Waals surface area contributed by atoms with Crippen LogP contribution in [0.15, 0.2) is 18.2 Å². The molecule has 2 nitrogen and oxygen atoms in total. The Morgan fingerprint density at radius 1 is 1.50 bits per heavy atom. The molecule has 0 spiro atoms. The molecular weight excluding hydrogens is 196 g/mol. The van der Waals surface area contributed by atoms with Gasteiger partial charge in [0.15, 0.2) is 0 Å². The van der Waals surface area contributed by atoms with Crippen LogP contribution in [0, 0.1) is 6.92 Å². The molecule has 2 heteroatoms. The fourth-order valence-electron chi connectivity index (χ4n) is 2.62. The minimum Gasteiger partial charge on any atom is -0.374 e. The number of hydrogen-bond donors (Lipinski definition) is 1. The van der Waals surface area contributed by atoms with Crippen molar-refractivity contribution in [3.05, 3.63) is 29.3 Å². The third-order valence-electron chi connectivity index (χ3n) is 3.66. The van der Waals surface area contributed by atoms with Crippen molar-refractivity contribution in [3.8, 4) is 0 Å². The maximum atomic E-state index is 3.33. The molecule has 1 heterocycles. The largest absolute Gasteiger partial charge is 0.374 e. The summed E-state index contributed by atoms with van der Waals surface area (Å²) >= 11 is 0. The first-order valence-corrected chi connectivity index (χ1v) is 6.10. The molecule has 1 aliphatic rings. The molecule has 0 saturated heterocycles. The van der Waals surface area contributed by atoms with Crippen molar-refractivity contribution in [2.45, 2.75) is 32.2 Å². The zero-order valence-corrected chi connectivity index (χ0v) is 10.7. The first-order chi connectivity index (χ1) is 7.61. The van der Waals surface area contributed by atoms with Crippen LogP contribution in [-0.4, -0.2) is 26.7 Å². The maximum Gasteiger partial charge on any atom is 0.0400 e. The molecular formula is C14H22N2. The average Bonchev–Trinajstić information content (AvgIpc) is 2.55. The smallest absolute Gasteiger partial charge is 0.0400 e. The van der Waals surface area contributed by atoms with Crippen molar-refractivity contribution >= 4 is 5.69 Å². The second-order valence-electron chi connectivity index (χ2n) is 5.07. The Morgan fingerprint density at radius 3 is 2.94 bits per heavy atom. The van der Waals surface area contributed by atoms with Gasteiger partial charge in [0.05, 0.1) is 0 Å². The van der Waals surface area contributed by atoms with Crippen LogP contribution in [0.2, 0.25) is 0 Å². The molecule has 0 radical (unpaired) electrons. The number of likely N-dealkylation sites (N-methyl/N-ethyl adjacent to an activating group) is 1. The molecule has 88 valence electrons. The van der Waals surface area contributed by atoms with Crippen LogP contribution in [0.25, 0.3) is 0 Å². The Hall–Kier alpha value is -1.02. The van der Waals surface area contributed by atoms with Gasteiger partial charge in [-0.1, -0.05) is 17.7 Å². The van der Waals surface area contributed by atoms with E-state index in [-0.39, 0.29) is 0 Å². The van der Waals surface area contributed by atoms with Gasteiger partial charge in [-0.25, -0.2) is 0 Å². The summed E-state index contributed by atoms with van der Waals surface area (Å²) in [7, 11) is 4.23. The molecule has 1 aromatic rings. The summed E-state index contributed by atoms with van der Waals surface area (Å²) in [5.74, 6) is 0.683. The van der Waals surface area contributed by atoms with Gasteiger partial charge in [0.25, 0.3) is 0 Å². The highest BCUT2D eigenvalue weighted by atomic mass is 15.1. The topological polar surface area (TPSA) is 15.3 Å². The van der Waals surface area contributed by atoms with Crippen LogP contribution in [0.4, 0.5) is 5.69 Å². The summed E-state index contributed by atoms with van der Waals surface area (Å²) in [6.07, 6.45) is 1.22. The molecule has 0 amide bonds. The van der Waals surface area contributed by atoms with Crippen molar-refractivity contribution in [1.29, 1.82) is 0 Å². The molecule has 0 bridgehead atoms. The van der Waals surface area contributed by atoms with Crippen LogP contribution in [0.1, 0.15) is 30.4 Å². The normalized spacial score (nSPS) is 21.0. The fourth-order valence-corrected chi connectivity index (χ4v) is 2.62. The molecule has 0 aliphatic carbocycles. The second kappa shape index (κ2) is 4.46. The summed E-state index contributed by atoms with van der Waals surface area (Å²) in [5, 5.41) is 3.33. The van der Waals surface area contributed by atoms with E-state index in [0.717, 1.165) is 6.54 Å². The van der Waals surface area contributed by atoms with Crippen molar-refractivity contribution in [1.82, 2.24) is 5.32 Å². The van der Waals surface area contributed by atoms with Crippen molar-refractivity contribution in [3.63, 3.8) is 0 Å². The molecule has 1 aliphatic heterocycles. The maximum absolute atomic E-state index is 3.33. The zero-order valence-electron chi connectivity index (χ0n) is 10.7. The molecule has 2 rings (SSSR count). The van der Waals surface area contributed by atoms with E-state index in [1.165, 1.54) is 23.2 Å². The molecule has 2 atom stereocenters. The Morgan fingerprint density at radius 2 is 2.25 bits per heavy atom. The second-order valence-corrected chi connectivity index (χ2v) is 5.07. The Kier molecular flexibility index (Phi) is 3.20. The van der Waals surface area contributed by atoms with E-state index in [2.05, 4.69) is 49.3 Å². The Balaban J connectivity index is 2.24. The lowest BCUT2D eigenvalue weighted by Gasteiger charge is -2.17. The van der Waals surface area contributed by atoms with Crippen LogP contribution < -0.4 is 10.2 Å². The Labute approximate surface area is 98.7 Å². The first kappa shape index (κ1) is 11.5. The van der Waals surface area contributed by atoms with Crippen LogP contribution in [-0.2, 0) is 0 Å². The average molecular weight is 218 g/mol. The predicted molar refractivity (Wildman–Crippen MR) is 70.3 cm³/mol. The van der Waals surface area contributed by atoms with Crippen molar-refractivity contribution < 1.29 is 0 Å². The summed E-state index contributed by atoms with van der Waals surface area (Å²) in [6, 6.07) is 7.41. The molecule has 0 saturated carbocycles. The number of fused-ring (bicyclic) bond motifs is 1. The SMILES string of the molecule is CNC(C)CC1CN(C)c2ccc(C)cc21. The summed E-state index contributed by atoms with van der Waals surface area (Å²) < 4.78 is 0. The molecule has 2 unspecified atom stereocenters. The van der Waals surface area contributed by atoms with Crippen LogP contribution >= 0.6 is 0 Å². The standard InChI is InChI=1S/C14H22N2/c1-10-5-6-14-13(7-10)12(9-16(14)4)8-11(2)15-3/h5-7,11-12,15H,8-9H2,1-4H3. The summed E-state index contributed by atoms with van der Waals surface area (Å²) in [5.41, 5.74) is 4.32. The summed E-state index contributed by atoms with van der Waals surface area (Å²) in [6.45, 7) is 5.59. The fraction of sp³-hybridized carbons (Fsp3) is 0.571. The van der Waals surface area contributed by atoms with Gasteiger partial charge in [-0.15, -0.1) is 0 Å². The van der Waals surface area contributed by atoms with Gasteiger partial charge in [0.2, 0.25) is 0 Å². The van der Waals surface area contributed by atoms with Gasteiger partial charge in [-0.2, -0.15) is 0 Å². The third kappa shape index (κ3) is 2.07. The summed E-state index contributed by atoms with van der Waals surface area (Å²) in [4.78, 5) is 2.38. The van der Waals surface area contributed by atoms with Crippen LogP contribution in [0.3, 0.4) is 0 Å². The van der Waals surface area contributed by atoms with E-state index in [1.807, 2.05) is 7.05 Å². The lowest BCUT2D eigenvalue weighted by molar-refractivity contribution is 0.508. The Bertz CT molecular complexity index is 373. The van der Waals surface area contributed by atoms with E-state index >= 15 is 0 Å². The van der Waals surface area contributed by atoms with E-state index < -0.39 is 0 Å². The third-order valence-corrected chi connectivity index (χ3v) is 3.66. The van der Waals surface area contributed by atoms with Crippen molar-refractivity contribution in [2.75, 3.05) is 25.5 Å². The number of hydrogen-bond acceptors (Lipinski definition) is 2. The van der Waals surface area contributed by atoms with E-state index in [1.54, 1.807) is 0 Å². The number of nitrogens with one attached hydrogen (secondary N) is 1. The van der Waals surface area contributed by atoms with Crippen molar-refractivity contribution in [2.24, 2.45) is 0 Å². The van der Waals surface area contributed by atoms with E-state index in [0.29, 0.717) is 12.0 Å². The lowest BCUT2D eigenvalue weighted by Crippen LogP contribution is -2.25. The quantitative estimate of drug-likeness (QED) is 0.838. The van der Waals surface area contributed by atoms with Gasteiger partial charge in [-0.05, 0) is 38.9 Å². The van der Waals surface area contributed by atoms with Gasteiger partial charge >= 0.3 is 0 Å². The predicted octanol–water partition coefficient (Wildman–Crippen LogP) is 2.53. The number of rotatable bonds is 3. The number of aryl methyl sites for hydroxylation is 1. The molecule has 16 heavy (non-hydrogen) atoms. The monoisotopic (exact) mass is 218 g/mol. The van der Waals surface area contributed by atoms with E-state index in [9.17, 15) is 0 Å². The minimum atomic E-state index is 0.588. The van der Waals surface area contributed by atoms with Gasteiger partial charge in [0.1, 0.15) is 0 Å².